The standard InChI is InChI=1S/C24H30N2O6.C2H2O4/c1-28-20-14-19(15-21(17-20)29-2)5-4-18-6-7-23(30-3)22(16-18)25-24(27)32-13-10-26-8-11-31-12-9-26;3-1(4)2(5)6/h4-7,14-17H,8-13H2,1-3H3,(H,25,27);(H,3,4)(H,5,6)/b5-4-;. The van der Waals surface area contributed by atoms with Gasteiger partial charge in [-0.3, -0.25) is 10.2 Å². The maximum atomic E-state index is 12.3. The topological polar surface area (TPSA) is 153 Å². The van der Waals surface area contributed by atoms with Crippen molar-refractivity contribution in [1.82, 2.24) is 4.90 Å². The van der Waals surface area contributed by atoms with Gasteiger partial charge < -0.3 is 33.9 Å². The molecule has 0 atom stereocenters. The van der Waals surface area contributed by atoms with Crippen molar-refractivity contribution in [3.63, 3.8) is 0 Å². The summed E-state index contributed by atoms with van der Waals surface area (Å²) in [6, 6.07) is 11.2. The van der Waals surface area contributed by atoms with Crippen LogP contribution in [0.4, 0.5) is 10.5 Å². The molecule has 0 aliphatic carbocycles. The molecule has 12 heteroatoms. The van der Waals surface area contributed by atoms with Gasteiger partial charge in [-0.15, -0.1) is 0 Å². The number of carbonyl (C=O) groups is 3. The van der Waals surface area contributed by atoms with Crippen molar-refractivity contribution in [3.05, 3.63) is 47.5 Å². The molecule has 38 heavy (non-hydrogen) atoms. The third kappa shape index (κ3) is 10.4. The number of morpholine rings is 1. The van der Waals surface area contributed by atoms with Gasteiger partial charge in [0.2, 0.25) is 0 Å². The molecule has 2 aromatic carbocycles. The molecule has 0 aromatic heterocycles. The van der Waals surface area contributed by atoms with E-state index in [1.165, 1.54) is 0 Å². The van der Waals surface area contributed by atoms with Crippen molar-refractivity contribution in [2.24, 2.45) is 0 Å². The van der Waals surface area contributed by atoms with Crippen molar-refractivity contribution in [2.45, 2.75) is 0 Å². The fourth-order valence-electron chi connectivity index (χ4n) is 3.28. The SMILES string of the molecule is COc1cc(/C=C\c2ccc(OC)c(NC(=O)OCCN3CCOCC3)c2)cc(OC)c1.O=C(O)C(=O)O. The van der Waals surface area contributed by atoms with Crippen LogP contribution in [0.25, 0.3) is 12.2 Å². The Bertz CT molecular complexity index is 1080. The largest absolute Gasteiger partial charge is 0.497 e. The number of amides is 1. The molecule has 0 radical (unpaired) electrons. The second-order valence-electron chi connectivity index (χ2n) is 7.76. The first kappa shape index (κ1) is 29.9. The number of methoxy groups -OCH3 is 3. The summed E-state index contributed by atoms with van der Waals surface area (Å²) in [5, 5.41) is 17.6. The van der Waals surface area contributed by atoms with Crippen LogP contribution in [0.5, 0.6) is 17.2 Å². The number of rotatable bonds is 9. The Morgan fingerprint density at radius 1 is 0.895 bits per heavy atom. The maximum Gasteiger partial charge on any atom is 0.414 e. The van der Waals surface area contributed by atoms with E-state index in [2.05, 4.69) is 10.2 Å². The molecule has 1 aliphatic heterocycles. The number of hydrogen-bond donors (Lipinski definition) is 3. The van der Waals surface area contributed by atoms with Crippen LogP contribution in [-0.2, 0) is 19.1 Å². The lowest BCUT2D eigenvalue weighted by Gasteiger charge is -2.26. The number of carboxylic acid groups (broad SMARTS) is 2. The van der Waals surface area contributed by atoms with E-state index in [1.807, 2.05) is 42.5 Å². The average Bonchev–Trinajstić information content (AvgIpc) is 2.92. The van der Waals surface area contributed by atoms with Gasteiger partial charge in [0.1, 0.15) is 23.9 Å². The summed E-state index contributed by atoms with van der Waals surface area (Å²) in [4.78, 5) is 32.7. The predicted molar refractivity (Wildman–Crippen MR) is 139 cm³/mol. The highest BCUT2D eigenvalue weighted by molar-refractivity contribution is 6.27. The number of aliphatic carboxylic acids is 2. The second kappa shape index (κ2) is 15.7. The molecule has 1 fully saturated rings. The zero-order valence-corrected chi connectivity index (χ0v) is 21.5. The van der Waals surface area contributed by atoms with Crippen LogP contribution >= 0.6 is 0 Å². The Kier molecular flexibility index (Phi) is 12.4. The van der Waals surface area contributed by atoms with Crippen molar-refractivity contribution >= 4 is 35.9 Å². The normalized spacial score (nSPS) is 13.1. The molecule has 1 amide bonds. The van der Waals surface area contributed by atoms with Crippen LogP contribution in [0.15, 0.2) is 36.4 Å². The molecule has 0 spiro atoms. The van der Waals surface area contributed by atoms with E-state index in [0.29, 0.717) is 49.3 Å². The smallest absolute Gasteiger partial charge is 0.414 e. The average molecular weight is 533 g/mol. The molecule has 0 saturated carbocycles. The molecule has 1 aliphatic rings. The van der Waals surface area contributed by atoms with Crippen molar-refractivity contribution in [2.75, 3.05) is 66.1 Å². The lowest BCUT2D eigenvalue weighted by molar-refractivity contribution is -0.159. The molecule has 2 aromatic rings. The Hall–Kier alpha value is -4.29. The number of nitrogens with one attached hydrogen (secondary N) is 1. The van der Waals surface area contributed by atoms with E-state index >= 15 is 0 Å². The number of carbonyl (C=O) groups excluding carboxylic acids is 1. The Labute approximate surface area is 220 Å². The number of ether oxygens (including phenoxy) is 5. The van der Waals surface area contributed by atoms with Gasteiger partial charge in [-0.2, -0.15) is 0 Å². The Balaban J connectivity index is 0.000000757. The van der Waals surface area contributed by atoms with Gasteiger partial charge in [0.15, 0.2) is 0 Å². The van der Waals surface area contributed by atoms with Gasteiger partial charge >= 0.3 is 18.0 Å². The summed E-state index contributed by atoms with van der Waals surface area (Å²) < 4.78 is 26.7. The minimum atomic E-state index is -1.82. The zero-order valence-electron chi connectivity index (χ0n) is 21.5. The second-order valence-corrected chi connectivity index (χ2v) is 7.76. The van der Waals surface area contributed by atoms with Crippen LogP contribution in [0.2, 0.25) is 0 Å². The Morgan fingerprint density at radius 2 is 1.50 bits per heavy atom. The minimum absolute atomic E-state index is 0.311. The van der Waals surface area contributed by atoms with Gasteiger partial charge in [-0.25, -0.2) is 14.4 Å². The fraction of sp³-hybridized carbons (Fsp3) is 0.346. The molecule has 3 N–H and O–H groups in total. The first-order valence-corrected chi connectivity index (χ1v) is 11.5. The quantitative estimate of drug-likeness (QED) is 0.323. The predicted octanol–water partition coefficient (Wildman–Crippen LogP) is 2.92. The van der Waals surface area contributed by atoms with Crippen LogP contribution < -0.4 is 19.5 Å². The van der Waals surface area contributed by atoms with E-state index in [1.54, 1.807) is 27.4 Å². The molecular weight excluding hydrogens is 500 g/mol. The van der Waals surface area contributed by atoms with Crippen molar-refractivity contribution in [3.8, 4) is 17.2 Å². The van der Waals surface area contributed by atoms with Crippen LogP contribution in [0.1, 0.15) is 11.1 Å². The summed E-state index contributed by atoms with van der Waals surface area (Å²) in [6.07, 6.45) is 3.36. The highest BCUT2D eigenvalue weighted by Gasteiger charge is 2.13. The van der Waals surface area contributed by atoms with Crippen molar-refractivity contribution in [1.29, 1.82) is 0 Å². The van der Waals surface area contributed by atoms with Crippen LogP contribution in [0, 0.1) is 0 Å². The maximum absolute atomic E-state index is 12.3. The molecule has 3 rings (SSSR count). The number of hydrogen-bond acceptors (Lipinski definition) is 9. The monoisotopic (exact) mass is 532 g/mol. The summed E-state index contributed by atoms with van der Waals surface area (Å²) in [7, 11) is 4.79. The molecule has 12 nitrogen and oxygen atoms in total. The molecule has 206 valence electrons. The first-order chi connectivity index (χ1) is 18.2. The Morgan fingerprint density at radius 3 is 2.05 bits per heavy atom. The first-order valence-electron chi connectivity index (χ1n) is 11.5. The van der Waals surface area contributed by atoms with Crippen LogP contribution in [-0.4, -0.2) is 93.9 Å². The summed E-state index contributed by atoms with van der Waals surface area (Å²) in [6.45, 7) is 4.13. The molecule has 0 bridgehead atoms. The fourth-order valence-corrected chi connectivity index (χ4v) is 3.28. The van der Waals surface area contributed by atoms with Gasteiger partial charge in [-0.1, -0.05) is 18.2 Å². The van der Waals surface area contributed by atoms with E-state index in [0.717, 1.165) is 24.2 Å². The van der Waals surface area contributed by atoms with Gasteiger partial charge in [0.25, 0.3) is 0 Å². The van der Waals surface area contributed by atoms with Gasteiger partial charge in [0, 0.05) is 25.7 Å². The summed E-state index contributed by atoms with van der Waals surface area (Å²) in [5.74, 6) is -1.68. The van der Waals surface area contributed by atoms with Crippen LogP contribution in [0.3, 0.4) is 0 Å². The third-order valence-electron chi connectivity index (χ3n) is 5.23. The molecule has 1 saturated heterocycles. The van der Waals surface area contributed by atoms with Crippen molar-refractivity contribution < 1.29 is 48.3 Å². The lowest BCUT2D eigenvalue weighted by atomic mass is 10.1. The highest BCUT2D eigenvalue weighted by Crippen LogP contribution is 2.28. The number of carboxylic acids is 2. The van der Waals surface area contributed by atoms with Gasteiger partial charge in [-0.05, 0) is 35.4 Å². The van der Waals surface area contributed by atoms with E-state index in [-0.39, 0.29) is 0 Å². The third-order valence-corrected chi connectivity index (χ3v) is 5.23. The number of nitrogens with zero attached hydrogens (tertiary/aromatic N) is 1. The zero-order chi connectivity index (χ0) is 27.9. The van der Waals surface area contributed by atoms with E-state index in [9.17, 15) is 4.79 Å². The van der Waals surface area contributed by atoms with E-state index < -0.39 is 18.0 Å². The summed E-state index contributed by atoms with van der Waals surface area (Å²) in [5.41, 5.74) is 2.35. The molecule has 0 unspecified atom stereocenters. The highest BCUT2D eigenvalue weighted by atomic mass is 16.5. The number of anilines is 1. The molecule has 1 heterocycles. The lowest BCUT2D eigenvalue weighted by Crippen LogP contribution is -2.38. The summed E-state index contributed by atoms with van der Waals surface area (Å²) >= 11 is 0. The number of benzene rings is 2. The van der Waals surface area contributed by atoms with Gasteiger partial charge in [0.05, 0.1) is 40.2 Å². The molecular formula is C26H32N2O10. The minimum Gasteiger partial charge on any atom is -0.497 e. The van der Waals surface area contributed by atoms with E-state index in [4.69, 9.17) is 43.5 Å².